The third kappa shape index (κ3) is 4.46. The van der Waals surface area contributed by atoms with Crippen molar-refractivity contribution in [3.05, 3.63) is 60.0 Å². The summed E-state index contributed by atoms with van der Waals surface area (Å²) in [7, 11) is 0. The van der Waals surface area contributed by atoms with Crippen LogP contribution in [0.5, 0.6) is 0 Å². The van der Waals surface area contributed by atoms with Crippen LogP contribution < -0.4 is 4.90 Å². The van der Waals surface area contributed by atoms with E-state index in [0.29, 0.717) is 31.1 Å². The van der Waals surface area contributed by atoms with Crippen LogP contribution in [0.4, 0.5) is 5.69 Å². The van der Waals surface area contributed by atoms with Crippen LogP contribution in [0.2, 0.25) is 0 Å². The lowest BCUT2D eigenvalue weighted by Gasteiger charge is -2.18. The molecule has 1 N–H and O–H groups in total. The van der Waals surface area contributed by atoms with Crippen LogP contribution in [0.15, 0.2) is 48.7 Å². The van der Waals surface area contributed by atoms with Gasteiger partial charge in [0.25, 0.3) is 5.91 Å². The summed E-state index contributed by atoms with van der Waals surface area (Å²) in [6.45, 7) is 7.30. The highest BCUT2D eigenvalue weighted by Crippen LogP contribution is 2.25. The quantitative estimate of drug-likeness (QED) is 0.707. The summed E-state index contributed by atoms with van der Waals surface area (Å²) >= 11 is 0. The van der Waals surface area contributed by atoms with Crippen molar-refractivity contribution in [2.45, 2.75) is 32.8 Å². The van der Waals surface area contributed by atoms with Gasteiger partial charge in [0, 0.05) is 26.2 Å². The van der Waals surface area contributed by atoms with E-state index in [-0.39, 0.29) is 11.7 Å². The van der Waals surface area contributed by atoms with Gasteiger partial charge in [-0.3, -0.25) is 4.79 Å². The molecule has 2 saturated heterocycles. The Kier molecular flexibility index (Phi) is 5.99. The van der Waals surface area contributed by atoms with Gasteiger partial charge in [0.15, 0.2) is 5.65 Å². The van der Waals surface area contributed by atoms with E-state index in [9.17, 15) is 9.90 Å². The minimum Gasteiger partial charge on any atom is -0.391 e. The summed E-state index contributed by atoms with van der Waals surface area (Å²) in [5.74, 6) is 0.709. The summed E-state index contributed by atoms with van der Waals surface area (Å²) in [6.07, 6.45) is 3.35. The lowest BCUT2D eigenvalue weighted by molar-refractivity contribution is 0.0753. The maximum Gasteiger partial charge on any atom is 0.293 e. The topological polar surface area (TPSA) is 74.0 Å². The van der Waals surface area contributed by atoms with E-state index >= 15 is 0 Å². The van der Waals surface area contributed by atoms with E-state index in [1.807, 2.05) is 49.5 Å². The number of β-amino-alcohol motifs (C(OH)–C–C–N with tert-alkyl or cyclic N) is 1. The molecule has 7 heteroatoms. The predicted octanol–water partition coefficient (Wildman–Crippen LogP) is 2.78. The molecule has 0 radical (unpaired) electrons. The number of rotatable bonds is 2. The summed E-state index contributed by atoms with van der Waals surface area (Å²) in [5.41, 5.74) is 2.86. The SMILES string of the molecule is Cc1cc(N2CCC(C)C2)cn2nc(C(=O)N3CCC(O)C3)nc12.c1ccccc1. The monoisotopic (exact) mass is 407 g/mol. The molecule has 2 fully saturated rings. The van der Waals surface area contributed by atoms with E-state index in [0.717, 1.165) is 24.3 Å². The van der Waals surface area contributed by atoms with Crippen molar-refractivity contribution in [3.63, 3.8) is 0 Å². The van der Waals surface area contributed by atoms with Crippen molar-refractivity contribution in [1.29, 1.82) is 0 Å². The van der Waals surface area contributed by atoms with Gasteiger partial charge in [-0.05, 0) is 37.3 Å². The Hall–Kier alpha value is -2.93. The van der Waals surface area contributed by atoms with Gasteiger partial charge >= 0.3 is 0 Å². The third-order valence-electron chi connectivity index (χ3n) is 5.70. The number of aryl methyl sites for hydroxylation is 1. The molecule has 2 aliphatic heterocycles. The fourth-order valence-electron chi connectivity index (χ4n) is 4.02. The Labute approximate surface area is 176 Å². The molecule has 4 heterocycles. The third-order valence-corrected chi connectivity index (χ3v) is 5.70. The zero-order chi connectivity index (χ0) is 21.1. The zero-order valence-corrected chi connectivity index (χ0v) is 17.6. The summed E-state index contributed by atoms with van der Waals surface area (Å²) in [6, 6.07) is 14.1. The number of amides is 1. The number of benzene rings is 1. The number of aromatic nitrogens is 3. The smallest absolute Gasteiger partial charge is 0.293 e. The van der Waals surface area contributed by atoms with Gasteiger partial charge in [0.05, 0.1) is 18.0 Å². The number of pyridine rings is 1. The number of hydrogen-bond donors (Lipinski definition) is 1. The first-order chi connectivity index (χ1) is 14.5. The van der Waals surface area contributed by atoms with E-state index in [4.69, 9.17) is 0 Å². The number of fused-ring (bicyclic) bond motifs is 1. The molecular weight excluding hydrogens is 378 g/mol. The summed E-state index contributed by atoms with van der Waals surface area (Å²) in [5, 5.41) is 14.0. The Morgan fingerprint density at radius 3 is 2.33 bits per heavy atom. The van der Waals surface area contributed by atoms with Crippen LogP contribution in [-0.2, 0) is 0 Å². The van der Waals surface area contributed by atoms with Crippen LogP contribution in [-0.4, -0.2) is 62.8 Å². The number of aliphatic hydroxyl groups excluding tert-OH is 1. The van der Waals surface area contributed by atoms with Crippen LogP contribution in [0.25, 0.3) is 5.65 Å². The van der Waals surface area contributed by atoms with Crippen molar-refractivity contribution in [3.8, 4) is 0 Å². The number of anilines is 1. The second-order valence-electron chi connectivity index (χ2n) is 8.27. The van der Waals surface area contributed by atoms with Crippen molar-refractivity contribution in [2.75, 3.05) is 31.1 Å². The van der Waals surface area contributed by atoms with E-state index in [1.165, 1.54) is 6.42 Å². The predicted molar refractivity (Wildman–Crippen MR) is 117 cm³/mol. The second-order valence-corrected chi connectivity index (χ2v) is 8.27. The highest BCUT2D eigenvalue weighted by molar-refractivity contribution is 5.91. The van der Waals surface area contributed by atoms with Crippen LogP contribution in [0, 0.1) is 12.8 Å². The molecule has 7 nitrogen and oxygen atoms in total. The minimum atomic E-state index is -0.434. The van der Waals surface area contributed by atoms with Gasteiger partial charge in [-0.25, -0.2) is 9.50 Å². The molecule has 2 unspecified atom stereocenters. The number of hydrogen-bond acceptors (Lipinski definition) is 5. The highest BCUT2D eigenvalue weighted by atomic mass is 16.3. The highest BCUT2D eigenvalue weighted by Gasteiger charge is 2.28. The molecule has 2 atom stereocenters. The maximum absolute atomic E-state index is 12.5. The zero-order valence-electron chi connectivity index (χ0n) is 17.6. The van der Waals surface area contributed by atoms with Gasteiger partial charge in [0.1, 0.15) is 0 Å². The second kappa shape index (κ2) is 8.83. The average Bonchev–Trinajstić information content (AvgIpc) is 3.49. The standard InChI is InChI=1S/C17H23N5O2.C6H6/c1-11-3-5-20(8-11)13-7-12(2)16-18-15(19-22(16)9-13)17(24)21-6-4-14(23)10-21;1-2-4-6-5-3-1/h7,9,11,14,23H,3-6,8,10H2,1-2H3;1-6H. The van der Waals surface area contributed by atoms with Gasteiger partial charge in [-0.15, -0.1) is 5.10 Å². The fourth-order valence-corrected chi connectivity index (χ4v) is 4.02. The largest absolute Gasteiger partial charge is 0.391 e. The Balaban J connectivity index is 0.000000313. The minimum absolute atomic E-state index is 0.203. The normalized spacial score (nSPS) is 21.0. The maximum atomic E-state index is 12.5. The molecule has 2 aromatic heterocycles. The molecule has 158 valence electrons. The summed E-state index contributed by atoms with van der Waals surface area (Å²) in [4.78, 5) is 20.9. The van der Waals surface area contributed by atoms with E-state index in [1.54, 1.807) is 9.42 Å². The first kappa shape index (κ1) is 20.3. The lowest BCUT2D eigenvalue weighted by Crippen LogP contribution is -2.30. The number of carbonyl (C=O) groups is 1. The Bertz CT molecular complexity index is 977. The number of nitrogens with zero attached hydrogens (tertiary/aromatic N) is 5. The molecule has 0 saturated carbocycles. The first-order valence-electron chi connectivity index (χ1n) is 10.6. The molecule has 0 aliphatic carbocycles. The van der Waals surface area contributed by atoms with Crippen LogP contribution in [0.3, 0.4) is 0 Å². The van der Waals surface area contributed by atoms with Crippen molar-refractivity contribution in [2.24, 2.45) is 5.92 Å². The molecule has 1 amide bonds. The Morgan fingerprint density at radius 2 is 1.77 bits per heavy atom. The number of carbonyl (C=O) groups excluding carboxylic acids is 1. The molecule has 0 spiro atoms. The lowest BCUT2D eigenvalue weighted by atomic mass is 10.2. The molecule has 2 aliphatic rings. The average molecular weight is 408 g/mol. The van der Waals surface area contributed by atoms with Crippen molar-refractivity contribution in [1.82, 2.24) is 19.5 Å². The molecular formula is C23H29N5O2. The molecule has 30 heavy (non-hydrogen) atoms. The van der Waals surface area contributed by atoms with Crippen LogP contribution in [0.1, 0.15) is 35.9 Å². The molecule has 5 rings (SSSR count). The number of aliphatic hydroxyl groups is 1. The molecule has 0 bridgehead atoms. The molecule has 1 aromatic carbocycles. The molecule has 3 aromatic rings. The van der Waals surface area contributed by atoms with Gasteiger partial charge in [0.2, 0.25) is 5.82 Å². The van der Waals surface area contributed by atoms with Crippen molar-refractivity contribution >= 4 is 17.2 Å². The summed E-state index contributed by atoms with van der Waals surface area (Å²) < 4.78 is 1.72. The van der Waals surface area contributed by atoms with E-state index < -0.39 is 6.10 Å². The van der Waals surface area contributed by atoms with Gasteiger partial charge in [-0.1, -0.05) is 43.3 Å². The number of likely N-dealkylation sites (tertiary alicyclic amines) is 1. The Morgan fingerprint density at radius 1 is 1.07 bits per heavy atom. The van der Waals surface area contributed by atoms with E-state index in [2.05, 4.69) is 28.0 Å². The van der Waals surface area contributed by atoms with Crippen molar-refractivity contribution < 1.29 is 9.90 Å². The van der Waals surface area contributed by atoms with Gasteiger partial charge < -0.3 is 14.9 Å². The fraction of sp³-hybridized carbons (Fsp3) is 0.435. The van der Waals surface area contributed by atoms with Crippen LogP contribution >= 0.6 is 0 Å². The first-order valence-corrected chi connectivity index (χ1v) is 10.6. The van der Waals surface area contributed by atoms with Gasteiger partial charge in [-0.2, -0.15) is 0 Å².